The fraction of sp³-hybridized carbons (Fsp3) is 0. The van der Waals surface area contributed by atoms with E-state index in [1.54, 1.807) is 0 Å². The highest BCUT2D eigenvalue weighted by molar-refractivity contribution is 6.28. The molecule has 0 radical (unpaired) electrons. The first-order valence-electron chi connectivity index (χ1n) is 21.4. The normalized spacial score (nSPS) is 11.5. The van der Waals surface area contributed by atoms with Gasteiger partial charge in [-0.05, 0) is 47.0 Å². The summed E-state index contributed by atoms with van der Waals surface area (Å²) in [5.74, 6) is 0.709. The molecule has 0 unspecified atom stereocenters. The third-order valence-electron chi connectivity index (χ3n) is 12.2. The Morgan fingerprint density at radius 1 is 0.302 bits per heavy atom. The van der Waals surface area contributed by atoms with Crippen molar-refractivity contribution in [3.8, 4) is 73.1 Å². The molecule has 0 aliphatic rings. The van der Waals surface area contributed by atoms with E-state index in [0.717, 1.165) is 78.0 Å². The summed E-state index contributed by atoms with van der Waals surface area (Å²) >= 11 is 0. The predicted octanol–water partition coefficient (Wildman–Crippen LogP) is 15.3. The van der Waals surface area contributed by atoms with Crippen LogP contribution < -0.4 is 0 Å². The molecule has 0 bridgehead atoms. The smallest absolute Gasteiger partial charge is 0.160 e. The Morgan fingerprint density at radius 2 is 0.825 bits per heavy atom. The van der Waals surface area contributed by atoms with Crippen LogP contribution in [0.2, 0.25) is 0 Å². The number of pyridine rings is 1. The van der Waals surface area contributed by atoms with Crippen molar-refractivity contribution < 1.29 is 0 Å². The maximum absolute atomic E-state index is 5.28. The van der Waals surface area contributed by atoms with E-state index in [4.69, 9.17) is 15.0 Å². The quantitative estimate of drug-likeness (QED) is 0.151. The minimum absolute atomic E-state index is 0.709. The molecule has 294 valence electrons. The molecule has 0 aliphatic carbocycles. The van der Waals surface area contributed by atoms with Crippen LogP contribution in [0.15, 0.2) is 231 Å². The highest BCUT2D eigenvalue weighted by Crippen LogP contribution is 2.45. The first kappa shape index (κ1) is 36.4. The molecule has 0 fully saturated rings. The van der Waals surface area contributed by atoms with Gasteiger partial charge in [-0.1, -0.05) is 200 Å². The van der Waals surface area contributed by atoms with Gasteiger partial charge in [0.25, 0.3) is 0 Å². The summed E-state index contributed by atoms with van der Waals surface area (Å²) in [6.45, 7) is 0. The summed E-state index contributed by atoms with van der Waals surface area (Å²) in [5, 5.41) is 5.89. The van der Waals surface area contributed by atoms with E-state index in [1.165, 1.54) is 32.8 Å². The van der Waals surface area contributed by atoms with E-state index < -0.39 is 0 Å². The van der Waals surface area contributed by atoms with Gasteiger partial charge in [0.1, 0.15) is 0 Å². The standard InChI is InChI=1S/C59H38N4/c1-5-17-40(18-6-1)53-38-54(62-59(61-53)43-21-9-3-10-22-43)41-33-31-39(32-34-41)44-23-15-24-45(37-44)47-28-16-29-48-49-35-36-51-55(58(49)63(57(47)48)46-25-11-4-12-26-46)50-27-13-14-30-52(50)60-56(51)42-19-7-2-8-20-42/h1-38H. The molecular formula is C59H38N4. The number of hydrogen-bond donors (Lipinski definition) is 0. The summed E-state index contributed by atoms with van der Waals surface area (Å²) in [6.07, 6.45) is 0. The third kappa shape index (κ3) is 6.36. The molecule has 0 saturated carbocycles. The molecule has 63 heavy (non-hydrogen) atoms. The summed E-state index contributed by atoms with van der Waals surface area (Å²) in [5.41, 5.74) is 16.0. The molecule has 3 heterocycles. The van der Waals surface area contributed by atoms with Gasteiger partial charge in [-0.3, -0.25) is 0 Å². The van der Waals surface area contributed by atoms with Gasteiger partial charge >= 0.3 is 0 Å². The van der Waals surface area contributed by atoms with Crippen molar-refractivity contribution in [1.82, 2.24) is 19.5 Å². The molecule has 3 aromatic heterocycles. The Bertz CT molecular complexity index is 3580. The largest absolute Gasteiger partial charge is 0.308 e. The number of nitrogens with zero attached hydrogens (tertiary/aromatic N) is 4. The van der Waals surface area contributed by atoms with Crippen LogP contribution in [0.3, 0.4) is 0 Å². The number of rotatable bonds is 7. The molecule has 0 amide bonds. The van der Waals surface area contributed by atoms with Gasteiger partial charge in [0.05, 0.1) is 33.6 Å². The SMILES string of the molecule is c1ccc(-c2cc(-c3ccc(-c4cccc(-c5cccc6c7ccc8c(-c9ccccc9)nc9ccccc9c8c7n(-c7ccccc7)c56)c4)cc3)nc(-c3ccccc3)n2)cc1. The topological polar surface area (TPSA) is 43.6 Å². The van der Waals surface area contributed by atoms with Crippen molar-refractivity contribution in [2.45, 2.75) is 0 Å². The molecule has 0 atom stereocenters. The zero-order valence-corrected chi connectivity index (χ0v) is 34.2. The van der Waals surface area contributed by atoms with E-state index in [9.17, 15) is 0 Å². The summed E-state index contributed by atoms with van der Waals surface area (Å²) < 4.78 is 2.49. The Balaban J connectivity index is 1.02. The van der Waals surface area contributed by atoms with E-state index >= 15 is 0 Å². The van der Waals surface area contributed by atoms with Crippen molar-refractivity contribution >= 4 is 43.5 Å². The van der Waals surface area contributed by atoms with Gasteiger partial charge in [0.15, 0.2) is 5.82 Å². The monoisotopic (exact) mass is 802 g/mol. The van der Waals surface area contributed by atoms with Crippen LogP contribution in [-0.2, 0) is 0 Å². The molecule has 4 nitrogen and oxygen atoms in total. The van der Waals surface area contributed by atoms with E-state index in [0.29, 0.717) is 5.82 Å². The second kappa shape index (κ2) is 15.2. The van der Waals surface area contributed by atoms with Crippen LogP contribution in [0.25, 0.3) is 117 Å². The van der Waals surface area contributed by atoms with Crippen LogP contribution in [0, 0.1) is 0 Å². The Kier molecular flexibility index (Phi) is 8.79. The first-order valence-corrected chi connectivity index (χ1v) is 21.4. The number of aromatic nitrogens is 4. The summed E-state index contributed by atoms with van der Waals surface area (Å²) in [6, 6.07) is 81.6. The van der Waals surface area contributed by atoms with Crippen molar-refractivity contribution in [2.75, 3.05) is 0 Å². The van der Waals surface area contributed by atoms with Crippen LogP contribution in [0.4, 0.5) is 0 Å². The molecule has 12 aromatic rings. The Labute approximate surface area is 365 Å². The maximum atomic E-state index is 5.28. The Morgan fingerprint density at radius 3 is 1.56 bits per heavy atom. The lowest BCUT2D eigenvalue weighted by Crippen LogP contribution is -1.97. The number of para-hydroxylation sites is 3. The molecular weight excluding hydrogens is 765 g/mol. The average molecular weight is 803 g/mol. The van der Waals surface area contributed by atoms with Gasteiger partial charge in [-0.2, -0.15) is 0 Å². The van der Waals surface area contributed by atoms with Crippen molar-refractivity contribution in [3.63, 3.8) is 0 Å². The predicted molar refractivity (Wildman–Crippen MR) is 262 cm³/mol. The number of benzene rings is 9. The second-order valence-corrected chi connectivity index (χ2v) is 16.0. The fourth-order valence-corrected chi connectivity index (χ4v) is 9.24. The van der Waals surface area contributed by atoms with E-state index in [1.807, 2.05) is 36.4 Å². The minimum atomic E-state index is 0.709. The average Bonchev–Trinajstić information content (AvgIpc) is 3.72. The summed E-state index contributed by atoms with van der Waals surface area (Å²) in [4.78, 5) is 15.3. The lowest BCUT2D eigenvalue weighted by Gasteiger charge is -2.15. The van der Waals surface area contributed by atoms with Gasteiger partial charge in [0, 0.05) is 60.4 Å². The molecule has 9 aromatic carbocycles. The van der Waals surface area contributed by atoms with Gasteiger partial charge in [-0.25, -0.2) is 15.0 Å². The van der Waals surface area contributed by atoms with Gasteiger partial charge in [-0.15, -0.1) is 0 Å². The zero-order chi connectivity index (χ0) is 41.7. The zero-order valence-electron chi connectivity index (χ0n) is 34.2. The molecule has 0 spiro atoms. The number of fused-ring (bicyclic) bond motifs is 7. The van der Waals surface area contributed by atoms with Crippen molar-refractivity contribution in [1.29, 1.82) is 0 Å². The summed E-state index contributed by atoms with van der Waals surface area (Å²) in [7, 11) is 0. The second-order valence-electron chi connectivity index (χ2n) is 16.0. The third-order valence-corrected chi connectivity index (χ3v) is 12.2. The van der Waals surface area contributed by atoms with Gasteiger partial charge in [0.2, 0.25) is 0 Å². The molecule has 0 N–H and O–H groups in total. The highest BCUT2D eigenvalue weighted by Gasteiger charge is 2.22. The molecule has 12 rings (SSSR count). The van der Waals surface area contributed by atoms with Crippen LogP contribution in [0.1, 0.15) is 0 Å². The van der Waals surface area contributed by atoms with E-state index in [-0.39, 0.29) is 0 Å². The van der Waals surface area contributed by atoms with Crippen LogP contribution in [0.5, 0.6) is 0 Å². The Hall–Kier alpha value is -8.47. The maximum Gasteiger partial charge on any atom is 0.160 e. The van der Waals surface area contributed by atoms with Crippen LogP contribution >= 0.6 is 0 Å². The molecule has 4 heteroatoms. The lowest BCUT2D eigenvalue weighted by molar-refractivity contribution is 1.18. The molecule has 0 aliphatic heterocycles. The number of hydrogen-bond acceptors (Lipinski definition) is 3. The van der Waals surface area contributed by atoms with Gasteiger partial charge < -0.3 is 4.57 Å². The van der Waals surface area contributed by atoms with Crippen molar-refractivity contribution in [3.05, 3.63) is 231 Å². The fourth-order valence-electron chi connectivity index (χ4n) is 9.24. The first-order chi connectivity index (χ1) is 31.2. The van der Waals surface area contributed by atoms with Crippen molar-refractivity contribution in [2.24, 2.45) is 0 Å². The highest BCUT2D eigenvalue weighted by atomic mass is 15.0. The molecule has 0 saturated heterocycles. The minimum Gasteiger partial charge on any atom is -0.308 e. The lowest BCUT2D eigenvalue weighted by atomic mass is 9.96. The van der Waals surface area contributed by atoms with E-state index in [2.05, 4.69) is 199 Å². The van der Waals surface area contributed by atoms with Crippen LogP contribution in [-0.4, -0.2) is 19.5 Å².